The fraction of sp³-hybridized carbons (Fsp3) is 0.417. The molecule has 2 heteroatoms. The second-order valence-corrected chi connectivity index (χ2v) is 3.44. The maximum absolute atomic E-state index is 4.08. The summed E-state index contributed by atoms with van der Waals surface area (Å²) in [4.78, 5) is 4.08. The van der Waals surface area contributed by atoms with Gasteiger partial charge in [0.05, 0.1) is 0 Å². The van der Waals surface area contributed by atoms with Crippen LogP contribution < -0.4 is 0 Å². The van der Waals surface area contributed by atoms with Crippen molar-refractivity contribution in [3.8, 4) is 0 Å². The van der Waals surface area contributed by atoms with Gasteiger partial charge < -0.3 is 4.57 Å². The molecule has 0 amide bonds. The molecule has 14 heavy (non-hydrogen) atoms. The predicted octanol–water partition coefficient (Wildman–Crippen LogP) is 2.77. The van der Waals surface area contributed by atoms with Crippen LogP contribution in [0, 0.1) is 13.8 Å². The predicted molar refractivity (Wildman–Crippen MR) is 62.1 cm³/mol. The summed E-state index contributed by atoms with van der Waals surface area (Å²) in [5, 5.41) is 0. The van der Waals surface area contributed by atoms with E-state index in [-0.39, 0.29) is 0 Å². The molecule has 1 aromatic rings. The number of nitrogens with zero attached hydrogens (tertiary/aromatic N) is 2. The summed E-state index contributed by atoms with van der Waals surface area (Å²) in [7, 11) is 2.10. The topological polar surface area (TPSA) is 17.3 Å². The molecule has 76 valence electrons. The van der Waals surface area contributed by atoms with Crippen LogP contribution in [0.25, 0.3) is 0 Å². The Morgan fingerprint density at radius 3 is 2.50 bits per heavy atom. The zero-order valence-electron chi connectivity index (χ0n) is 9.46. The van der Waals surface area contributed by atoms with Crippen molar-refractivity contribution in [2.75, 3.05) is 0 Å². The molecule has 0 radical (unpaired) electrons. The van der Waals surface area contributed by atoms with E-state index in [0.717, 1.165) is 6.42 Å². The van der Waals surface area contributed by atoms with E-state index < -0.39 is 0 Å². The maximum atomic E-state index is 4.08. The SMILES string of the molecule is C=CN=Cc1c(C)c(CC)n(C)c1C. The Bertz CT molecular complexity index is 370. The maximum Gasteiger partial charge on any atom is 0.0360 e. The Hall–Kier alpha value is -1.31. The third-order valence-corrected chi connectivity index (χ3v) is 2.78. The standard InChI is InChI=1S/C12H18N2/c1-6-12-9(3)11(8-13-7-2)10(4)14(12)5/h7-8H,2,6H2,1,3-5H3. The zero-order valence-corrected chi connectivity index (χ0v) is 9.46. The van der Waals surface area contributed by atoms with Crippen molar-refractivity contribution < 1.29 is 0 Å². The van der Waals surface area contributed by atoms with Gasteiger partial charge >= 0.3 is 0 Å². The number of aliphatic imine (C=N–C) groups is 1. The van der Waals surface area contributed by atoms with E-state index in [2.05, 4.69) is 44.0 Å². The minimum atomic E-state index is 1.06. The van der Waals surface area contributed by atoms with Crippen LogP contribution in [-0.4, -0.2) is 10.8 Å². The summed E-state index contributed by atoms with van der Waals surface area (Å²) in [5.74, 6) is 0. The van der Waals surface area contributed by atoms with Crippen molar-refractivity contribution in [3.63, 3.8) is 0 Å². The minimum Gasteiger partial charge on any atom is -0.351 e. The molecular formula is C12H18N2. The molecule has 0 N–H and O–H groups in total. The number of hydrogen-bond acceptors (Lipinski definition) is 1. The van der Waals surface area contributed by atoms with Gasteiger partial charge in [-0.3, -0.25) is 4.99 Å². The van der Waals surface area contributed by atoms with E-state index in [1.165, 1.54) is 22.5 Å². The molecule has 0 bridgehead atoms. The van der Waals surface area contributed by atoms with Crippen LogP contribution in [0.15, 0.2) is 17.8 Å². The number of aromatic nitrogens is 1. The fourth-order valence-corrected chi connectivity index (χ4v) is 1.88. The van der Waals surface area contributed by atoms with Crippen LogP contribution in [-0.2, 0) is 13.5 Å². The smallest absolute Gasteiger partial charge is 0.0360 e. The lowest BCUT2D eigenvalue weighted by atomic mass is 10.1. The first-order valence-corrected chi connectivity index (χ1v) is 4.92. The first-order valence-electron chi connectivity index (χ1n) is 4.92. The number of rotatable bonds is 3. The monoisotopic (exact) mass is 190 g/mol. The molecular weight excluding hydrogens is 172 g/mol. The average Bonchev–Trinajstić information content (AvgIpc) is 2.37. The van der Waals surface area contributed by atoms with Crippen molar-refractivity contribution in [2.45, 2.75) is 27.2 Å². The third-order valence-electron chi connectivity index (χ3n) is 2.78. The summed E-state index contributed by atoms with van der Waals surface area (Å²) in [5.41, 5.74) is 5.21. The Morgan fingerprint density at radius 1 is 1.43 bits per heavy atom. The highest BCUT2D eigenvalue weighted by Gasteiger charge is 2.11. The molecule has 0 saturated carbocycles. The molecule has 0 aromatic carbocycles. The normalized spacial score (nSPS) is 11.1. The lowest BCUT2D eigenvalue weighted by molar-refractivity contribution is 0.803. The quantitative estimate of drug-likeness (QED) is 0.652. The minimum absolute atomic E-state index is 1.06. The van der Waals surface area contributed by atoms with Gasteiger partial charge in [0.25, 0.3) is 0 Å². The Balaban J connectivity index is 3.29. The third kappa shape index (κ3) is 1.65. The lowest BCUT2D eigenvalue weighted by Crippen LogP contribution is -1.97. The van der Waals surface area contributed by atoms with Crippen molar-refractivity contribution in [2.24, 2.45) is 12.0 Å². The van der Waals surface area contributed by atoms with Gasteiger partial charge in [-0.2, -0.15) is 0 Å². The van der Waals surface area contributed by atoms with Crippen LogP contribution >= 0.6 is 0 Å². The van der Waals surface area contributed by atoms with E-state index >= 15 is 0 Å². The molecule has 0 atom stereocenters. The highest BCUT2D eigenvalue weighted by molar-refractivity contribution is 5.84. The summed E-state index contributed by atoms with van der Waals surface area (Å²) in [6.07, 6.45) is 4.51. The molecule has 0 saturated heterocycles. The van der Waals surface area contributed by atoms with Crippen LogP contribution in [0.3, 0.4) is 0 Å². The summed E-state index contributed by atoms with van der Waals surface area (Å²) >= 11 is 0. The van der Waals surface area contributed by atoms with Gasteiger partial charge in [0.15, 0.2) is 0 Å². The average molecular weight is 190 g/mol. The summed E-state index contributed by atoms with van der Waals surface area (Å²) in [6, 6.07) is 0. The highest BCUT2D eigenvalue weighted by Crippen LogP contribution is 2.19. The molecule has 0 aliphatic heterocycles. The Kier molecular flexibility index (Phi) is 3.28. The van der Waals surface area contributed by atoms with Gasteiger partial charge in [0.2, 0.25) is 0 Å². The van der Waals surface area contributed by atoms with Crippen LogP contribution in [0.1, 0.15) is 29.4 Å². The van der Waals surface area contributed by atoms with Crippen LogP contribution in [0.5, 0.6) is 0 Å². The van der Waals surface area contributed by atoms with Gasteiger partial charge in [-0.1, -0.05) is 13.5 Å². The molecule has 2 nitrogen and oxygen atoms in total. The van der Waals surface area contributed by atoms with Crippen LogP contribution in [0.2, 0.25) is 0 Å². The van der Waals surface area contributed by atoms with E-state index in [1.54, 1.807) is 6.20 Å². The van der Waals surface area contributed by atoms with Gasteiger partial charge in [-0.25, -0.2) is 0 Å². The molecule has 1 heterocycles. The van der Waals surface area contributed by atoms with Gasteiger partial charge in [0, 0.05) is 36.4 Å². The molecule has 1 aromatic heterocycles. The van der Waals surface area contributed by atoms with Crippen molar-refractivity contribution >= 4 is 6.21 Å². The molecule has 0 fully saturated rings. The second-order valence-electron chi connectivity index (χ2n) is 3.44. The van der Waals surface area contributed by atoms with Crippen molar-refractivity contribution in [1.82, 2.24) is 4.57 Å². The van der Waals surface area contributed by atoms with E-state index in [1.807, 2.05) is 6.21 Å². The largest absolute Gasteiger partial charge is 0.351 e. The molecule has 0 aliphatic rings. The molecule has 1 rings (SSSR count). The highest BCUT2D eigenvalue weighted by atomic mass is 15.0. The molecule has 0 unspecified atom stereocenters. The van der Waals surface area contributed by atoms with E-state index in [9.17, 15) is 0 Å². The Morgan fingerprint density at radius 2 is 2.07 bits per heavy atom. The molecule has 0 aliphatic carbocycles. The van der Waals surface area contributed by atoms with Gasteiger partial charge in [-0.15, -0.1) is 0 Å². The van der Waals surface area contributed by atoms with Crippen molar-refractivity contribution in [3.05, 3.63) is 35.3 Å². The fourth-order valence-electron chi connectivity index (χ4n) is 1.88. The van der Waals surface area contributed by atoms with Crippen LogP contribution in [0.4, 0.5) is 0 Å². The Labute approximate surface area is 86.0 Å². The summed E-state index contributed by atoms with van der Waals surface area (Å²) < 4.78 is 2.24. The first-order chi connectivity index (χ1) is 6.63. The first kappa shape index (κ1) is 10.8. The van der Waals surface area contributed by atoms with E-state index in [4.69, 9.17) is 0 Å². The lowest BCUT2D eigenvalue weighted by Gasteiger charge is -2.01. The van der Waals surface area contributed by atoms with Gasteiger partial charge in [-0.05, 0) is 25.8 Å². The van der Waals surface area contributed by atoms with E-state index in [0.29, 0.717) is 0 Å². The number of hydrogen-bond donors (Lipinski definition) is 0. The summed E-state index contributed by atoms with van der Waals surface area (Å²) in [6.45, 7) is 10.0. The van der Waals surface area contributed by atoms with Gasteiger partial charge in [0.1, 0.15) is 0 Å². The van der Waals surface area contributed by atoms with Crippen molar-refractivity contribution in [1.29, 1.82) is 0 Å². The molecule has 0 spiro atoms. The second kappa shape index (κ2) is 4.27. The zero-order chi connectivity index (χ0) is 10.7.